The predicted octanol–water partition coefficient (Wildman–Crippen LogP) is 3.40. The molecule has 0 saturated carbocycles. The molecule has 2 saturated heterocycles. The minimum atomic E-state index is -3.86. The topological polar surface area (TPSA) is 223 Å². The van der Waals surface area contributed by atoms with Crippen molar-refractivity contribution >= 4 is 29.8 Å². The zero-order chi connectivity index (χ0) is 36.6. The number of rotatable bonds is 20. The van der Waals surface area contributed by atoms with E-state index >= 15 is 0 Å². The monoisotopic (exact) mass is 692 g/mol. The number of ether oxygens (including phenoxy) is 4. The third-order valence-corrected chi connectivity index (χ3v) is 9.25. The van der Waals surface area contributed by atoms with Gasteiger partial charge >= 0.3 is 29.8 Å². The molecule has 0 unspecified atom stereocenters. The summed E-state index contributed by atoms with van der Waals surface area (Å²) < 4.78 is 22.1. The molecule has 14 heteroatoms. The van der Waals surface area contributed by atoms with E-state index in [0.29, 0.717) is 19.3 Å². The Kier molecular flexibility index (Phi) is 13.5. The van der Waals surface area contributed by atoms with Crippen molar-refractivity contribution in [1.29, 1.82) is 0 Å². The van der Waals surface area contributed by atoms with E-state index in [4.69, 9.17) is 18.9 Å². The molecular weight excluding hydrogens is 644 g/mol. The van der Waals surface area contributed by atoms with E-state index in [1.54, 1.807) is 0 Å². The SMILES string of the molecule is C=C(CC[C@]12O[C@H](C(=O)O)[C@@](O)(C(=O)O)[C@](C(=O)O)(O1)[C@H](OC(=O)CCCCCCCCC)[C@H]2O)[C@@H](OC(C)=O)[C@H](C)Cc1ccccc1. The summed E-state index contributed by atoms with van der Waals surface area (Å²) in [6.45, 7) is 9.12. The summed E-state index contributed by atoms with van der Waals surface area (Å²) >= 11 is 0. The Balaban J connectivity index is 1.93. The van der Waals surface area contributed by atoms with Crippen LogP contribution in [0.2, 0.25) is 0 Å². The van der Waals surface area contributed by atoms with E-state index in [2.05, 4.69) is 13.5 Å². The van der Waals surface area contributed by atoms with Crippen LogP contribution in [0.1, 0.15) is 90.5 Å². The number of benzene rings is 1. The lowest BCUT2D eigenvalue weighted by atomic mass is 9.74. The van der Waals surface area contributed by atoms with Crippen LogP contribution in [0.4, 0.5) is 0 Å². The van der Waals surface area contributed by atoms with Gasteiger partial charge in [-0.25, -0.2) is 14.4 Å². The molecule has 49 heavy (non-hydrogen) atoms. The van der Waals surface area contributed by atoms with Crippen molar-refractivity contribution in [2.24, 2.45) is 5.92 Å². The van der Waals surface area contributed by atoms with Gasteiger partial charge in [0.25, 0.3) is 0 Å². The third-order valence-electron chi connectivity index (χ3n) is 9.25. The van der Waals surface area contributed by atoms with Crippen LogP contribution in [0.25, 0.3) is 0 Å². The second-order valence-electron chi connectivity index (χ2n) is 12.9. The Morgan fingerprint density at radius 2 is 1.55 bits per heavy atom. The second-order valence-corrected chi connectivity index (χ2v) is 12.9. The number of hydrogen-bond acceptors (Lipinski definition) is 11. The van der Waals surface area contributed by atoms with Crippen LogP contribution in [0.15, 0.2) is 42.5 Å². The number of aliphatic hydroxyl groups excluding tert-OH is 1. The van der Waals surface area contributed by atoms with E-state index in [9.17, 15) is 49.5 Å². The lowest BCUT2D eigenvalue weighted by Gasteiger charge is -2.48. The Labute approximate surface area is 285 Å². The number of carboxylic acids is 3. The third kappa shape index (κ3) is 8.31. The van der Waals surface area contributed by atoms with Gasteiger partial charge in [-0.2, -0.15) is 0 Å². The predicted molar refractivity (Wildman–Crippen MR) is 171 cm³/mol. The van der Waals surface area contributed by atoms with Crippen molar-refractivity contribution in [3.05, 3.63) is 48.0 Å². The van der Waals surface area contributed by atoms with E-state index in [0.717, 1.165) is 37.7 Å². The van der Waals surface area contributed by atoms with Crippen LogP contribution in [0, 0.1) is 5.92 Å². The number of fused-ring (bicyclic) bond motifs is 2. The maximum absolute atomic E-state index is 13.0. The van der Waals surface area contributed by atoms with Crippen molar-refractivity contribution in [2.45, 2.75) is 133 Å². The second kappa shape index (κ2) is 16.7. The van der Waals surface area contributed by atoms with Crippen LogP contribution >= 0.6 is 0 Å². The molecule has 14 nitrogen and oxygen atoms in total. The molecule has 3 rings (SSSR count). The zero-order valence-electron chi connectivity index (χ0n) is 28.2. The molecule has 272 valence electrons. The molecule has 1 aromatic carbocycles. The molecule has 5 N–H and O–H groups in total. The van der Waals surface area contributed by atoms with Crippen LogP contribution in [-0.2, 0) is 49.3 Å². The maximum Gasteiger partial charge on any atom is 0.344 e. The fourth-order valence-electron chi connectivity index (χ4n) is 6.72. The highest BCUT2D eigenvalue weighted by molar-refractivity contribution is 5.98. The molecule has 0 spiro atoms. The van der Waals surface area contributed by atoms with Crippen LogP contribution in [-0.4, -0.2) is 96.8 Å². The van der Waals surface area contributed by atoms with E-state index in [1.807, 2.05) is 37.3 Å². The minimum Gasteiger partial charge on any atom is -0.479 e. The number of aliphatic carboxylic acids is 3. The van der Waals surface area contributed by atoms with Gasteiger partial charge in [0.1, 0.15) is 12.2 Å². The van der Waals surface area contributed by atoms with Crippen LogP contribution in [0.5, 0.6) is 0 Å². The van der Waals surface area contributed by atoms with Gasteiger partial charge < -0.3 is 44.5 Å². The first-order valence-electron chi connectivity index (χ1n) is 16.6. The number of aliphatic hydroxyl groups is 2. The van der Waals surface area contributed by atoms with Gasteiger partial charge in [0.15, 0.2) is 6.10 Å². The van der Waals surface area contributed by atoms with Crippen LogP contribution < -0.4 is 0 Å². The average molecular weight is 693 g/mol. The molecule has 2 aliphatic heterocycles. The Hall–Kier alpha value is -3.85. The Morgan fingerprint density at radius 3 is 2.10 bits per heavy atom. The molecule has 2 heterocycles. The molecule has 0 amide bonds. The molecular formula is C35H48O14. The lowest BCUT2D eigenvalue weighted by Crippen LogP contribution is -2.78. The summed E-state index contributed by atoms with van der Waals surface area (Å²) in [5.74, 6) is -11.2. The number of esters is 2. The van der Waals surface area contributed by atoms with Gasteiger partial charge in [-0.1, -0.05) is 89.3 Å². The summed E-state index contributed by atoms with van der Waals surface area (Å²) in [5, 5.41) is 53.5. The first-order valence-corrected chi connectivity index (χ1v) is 16.6. The first-order chi connectivity index (χ1) is 23.1. The highest BCUT2D eigenvalue weighted by Crippen LogP contribution is 2.56. The fraction of sp³-hybridized carbons (Fsp3) is 0.629. The summed E-state index contributed by atoms with van der Waals surface area (Å²) in [4.78, 5) is 62.9. The quantitative estimate of drug-likeness (QED) is 0.0751. The fourth-order valence-corrected chi connectivity index (χ4v) is 6.72. The largest absolute Gasteiger partial charge is 0.479 e. The van der Waals surface area contributed by atoms with Gasteiger partial charge in [0.05, 0.1) is 0 Å². The van der Waals surface area contributed by atoms with Crippen molar-refractivity contribution in [3.63, 3.8) is 0 Å². The molecule has 0 radical (unpaired) electrons. The number of hydrogen-bond donors (Lipinski definition) is 5. The number of carbonyl (C=O) groups excluding carboxylic acids is 2. The Bertz CT molecular complexity index is 1360. The van der Waals surface area contributed by atoms with Crippen molar-refractivity contribution in [3.8, 4) is 0 Å². The lowest BCUT2D eigenvalue weighted by molar-refractivity contribution is -0.374. The molecule has 2 aliphatic rings. The summed E-state index contributed by atoms with van der Waals surface area (Å²) in [6.07, 6.45) is -2.95. The molecule has 1 aromatic rings. The summed E-state index contributed by atoms with van der Waals surface area (Å²) in [6, 6.07) is 9.32. The highest BCUT2D eigenvalue weighted by atomic mass is 16.8. The van der Waals surface area contributed by atoms with Gasteiger partial charge in [-0.05, 0) is 30.4 Å². The Morgan fingerprint density at radius 1 is 0.939 bits per heavy atom. The number of carbonyl (C=O) groups is 5. The van der Waals surface area contributed by atoms with E-state index < -0.39 is 77.7 Å². The molecule has 0 aromatic heterocycles. The molecule has 8 atom stereocenters. The van der Waals surface area contributed by atoms with Gasteiger partial charge in [-0.3, -0.25) is 9.59 Å². The maximum atomic E-state index is 13.0. The smallest absolute Gasteiger partial charge is 0.344 e. The standard InChI is InChI=1S/C35H48O14/c1-5-6-7-8-9-10-14-17-25(37)47-28-27(38)33(48-29(30(39)40)34(45,31(41)42)35(28,49-33)32(43)44)19-18-21(2)26(46-23(4)36)22(3)20-24-15-12-11-13-16-24/h11-13,15-16,22,26-29,38,45H,2,5-10,14,17-20H2,1,3-4H3,(H,39,40)(H,41,42)(H,43,44)/t22-,26-,27-,28-,29-,33+,34-,35+/m1/s1. The number of unbranched alkanes of at least 4 members (excludes halogenated alkanes) is 6. The highest BCUT2D eigenvalue weighted by Gasteiger charge is 2.85. The summed E-state index contributed by atoms with van der Waals surface area (Å²) in [5.41, 5.74) is -6.17. The van der Waals surface area contributed by atoms with Crippen molar-refractivity contribution in [1.82, 2.24) is 0 Å². The zero-order valence-corrected chi connectivity index (χ0v) is 28.2. The normalized spacial score (nSPS) is 28.6. The minimum absolute atomic E-state index is 0.222. The molecule has 2 bridgehead atoms. The van der Waals surface area contributed by atoms with Crippen molar-refractivity contribution in [2.75, 3.05) is 0 Å². The van der Waals surface area contributed by atoms with Gasteiger partial charge in [0.2, 0.25) is 23.1 Å². The van der Waals surface area contributed by atoms with Crippen LogP contribution in [0.3, 0.4) is 0 Å². The van der Waals surface area contributed by atoms with Gasteiger partial charge in [0, 0.05) is 25.7 Å². The summed E-state index contributed by atoms with van der Waals surface area (Å²) in [7, 11) is 0. The molecule has 2 fully saturated rings. The molecule has 0 aliphatic carbocycles. The van der Waals surface area contributed by atoms with Crippen molar-refractivity contribution < 1.29 is 68.5 Å². The first kappa shape index (κ1) is 39.6. The van der Waals surface area contributed by atoms with E-state index in [1.165, 1.54) is 6.92 Å². The average Bonchev–Trinajstić information content (AvgIpc) is 3.25. The number of carboxylic acid groups (broad SMARTS) is 3. The van der Waals surface area contributed by atoms with E-state index in [-0.39, 0.29) is 24.3 Å². The van der Waals surface area contributed by atoms with Gasteiger partial charge in [-0.15, -0.1) is 0 Å².